The third-order valence-electron chi connectivity index (χ3n) is 2.99. The zero-order valence-electron chi connectivity index (χ0n) is 11.7. The Kier molecular flexibility index (Phi) is 6.33. The van der Waals surface area contributed by atoms with E-state index in [9.17, 15) is 0 Å². The summed E-state index contributed by atoms with van der Waals surface area (Å²) in [5.74, 6) is 0. The lowest BCUT2D eigenvalue weighted by Crippen LogP contribution is -2.44. The highest BCUT2D eigenvalue weighted by molar-refractivity contribution is 6.74. The van der Waals surface area contributed by atoms with Crippen molar-refractivity contribution in [1.82, 2.24) is 0 Å². The number of aryl methyl sites for hydroxylation is 1. The van der Waals surface area contributed by atoms with Crippen LogP contribution in [0, 0.1) is 0 Å². The molecule has 0 saturated heterocycles. The molecule has 0 heterocycles. The van der Waals surface area contributed by atoms with Crippen LogP contribution in [-0.2, 0) is 15.3 Å². The number of benzene rings is 1. The Morgan fingerprint density at radius 2 is 1.67 bits per heavy atom. The van der Waals surface area contributed by atoms with Crippen LogP contribution in [0.25, 0.3) is 0 Å². The van der Waals surface area contributed by atoms with Crippen LogP contribution < -0.4 is 0 Å². The molecule has 3 heteroatoms. The molecule has 0 N–H and O–H groups in total. The van der Waals surface area contributed by atoms with Gasteiger partial charge >= 0.3 is 8.56 Å². The van der Waals surface area contributed by atoms with Crippen LogP contribution >= 0.6 is 0 Å². The van der Waals surface area contributed by atoms with Gasteiger partial charge in [0.1, 0.15) is 0 Å². The first-order chi connectivity index (χ1) is 8.64. The summed E-state index contributed by atoms with van der Waals surface area (Å²) in [4.78, 5) is 0. The van der Waals surface area contributed by atoms with E-state index in [0.717, 1.165) is 17.7 Å². The summed E-state index contributed by atoms with van der Waals surface area (Å²) >= 11 is 0. The summed E-state index contributed by atoms with van der Waals surface area (Å²) in [6.45, 7) is 11.5. The molecule has 100 valence electrons. The Labute approximate surface area is 112 Å². The Bertz CT molecular complexity index is 356. The second-order valence-corrected chi connectivity index (χ2v) is 7.82. The summed E-state index contributed by atoms with van der Waals surface area (Å²) in [5, 5.41) is 1.07. The van der Waals surface area contributed by atoms with Gasteiger partial charge in [0.05, 0.1) is 0 Å². The smallest absolute Gasteiger partial charge is 0.367 e. The molecule has 0 aliphatic carbocycles. The molecule has 0 radical (unpaired) electrons. The van der Waals surface area contributed by atoms with Crippen LogP contribution in [0.15, 0.2) is 42.1 Å². The molecule has 0 aliphatic rings. The van der Waals surface area contributed by atoms with Gasteiger partial charge in [0.2, 0.25) is 0 Å². The Morgan fingerprint density at radius 1 is 1.11 bits per heavy atom. The Morgan fingerprint density at radius 3 is 2.11 bits per heavy atom. The molecular weight excluding hydrogens is 240 g/mol. The Hall–Kier alpha value is -0.903. The van der Waals surface area contributed by atoms with E-state index in [0.29, 0.717) is 13.2 Å². The molecule has 0 atom stereocenters. The van der Waals surface area contributed by atoms with Gasteiger partial charge in [0.25, 0.3) is 0 Å². The van der Waals surface area contributed by atoms with Crippen LogP contribution in [0.2, 0.25) is 6.04 Å². The minimum Gasteiger partial charge on any atom is -0.391 e. The molecule has 0 saturated carbocycles. The summed E-state index contributed by atoms with van der Waals surface area (Å²) in [6.07, 6.45) is 0.986. The summed E-state index contributed by atoms with van der Waals surface area (Å²) in [7, 11) is -2.25. The van der Waals surface area contributed by atoms with Crippen molar-refractivity contribution < 1.29 is 8.85 Å². The predicted molar refractivity (Wildman–Crippen MR) is 78.8 cm³/mol. The van der Waals surface area contributed by atoms with Crippen LogP contribution in [0.4, 0.5) is 0 Å². The Balaban J connectivity index is 2.74. The topological polar surface area (TPSA) is 18.5 Å². The lowest BCUT2D eigenvalue weighted by atomic mass is 10.2. The van der Waals surface area contributed by atoms with E-state index in [4.69, 9.17) is 8.85 Å². The fraction of sp³-hybridized carbons (Fsp3) is 0.467. The van der Waals surface area contributed by atoms with Crippen molar-refractivity contribution in [2.75, 3.05) is 13.2 Å². The first-order valence-electron chi connectivity index (χ1n) is 6.62. The van der Waals surface area contributed by atoms with Gasteiger partial charge in [-0.25, -0.2) is 0 Å². The van der Waals surface area contributed by atoms with Gasteiger partial charge in [-0.3, -0.25) is 0 Å². The third-order valence-corrected chi connectivity index (χ3v) is 6.71. The van der Waals surface area contributed by atoms with Gasteiger partial charge in [0, 0.05) is 13.2 Å². The van der Waals surface area contributed by atoms with Crippen LogP contribution in [0.1, 0.15) is 26.3 Å². The molecule has 2 nitrogen and oxygen atoms in total. The minimum absolute atomic E-state index is 0.688. The lowest BCUT2D eigenvalue weighted by molar-refractivity contribution is 0.191. The molecule has 0 aromatic heterocycles. The fourth-order valence-corrected chi connectivity index (χ4v) is 4.91. The van der Waals surface area contributed by atoms with E-state index < -0.39 is 8.56 Å². The van der Waals surface area contributed by atoms with Gasteiger partial charge in [-0.05, 0) is 44.0 Å². The highest BCUT2D eigenvalue weighted by Gasteiger charge is 2.37. The fourth-order valence-electron chi connectivity index (χ4n) is 2.07. The van der Waals surface area contributed by atoms with Gasteiger partial charge < -0.3 is 8.85 Å². The van der Waals surface area contributed by atoms with Crippen molar-refractivity contribution in [2.24, 2.45) is 0 Å². The average Bonchev–Trinajstić information content (AvgIpc) is 2.37. The number of allylic oxidation sites excluding steroid dienone is 1. The molecule has 0 bridgehead atoms. The van der Waals surface area contributed by atoms with Crippen molar-refractivity contribution in [3.05, 3.63) is 47.7 Å². The number of hydrogen-bond donors (Lipinski definition) is 0. The van der Waals surface area contributed by atoms with Crippen LogP contribution in [0.5, 0.6) is 0 Å². The molecule has 0 spiro atoms. The number of rotatable bonds is 8. The summed E-state index contributed by atoms with van der Waals surface area (Å²) in [6, 6.07) is 11.4. The molecular formula is C15H24O2Si. The standard InChI is InChI=1S/C15H24O2Si/c1-5-16-18(14(3)4,17-6-2)13-12-15-10-8-7-9-11-15/h7-11H,3,5-6,12-13H2,1-2,4H3. The van der Waals surface area contributed by atoms with E-state index in [1.165, 1.54) is 5.56 Å². The second-order valence-electron chi connectivity index (χ2n) is 4.38. The van der Waals surface area contributed by atoms with Crippen molar-refractivity contribution in [1.29, 1.82) is 0 Å². The van der Waals surface area contributed by atoms with E-state index in [1.54, 1.807) is 0 Å². The van der Waals surface area contributed by atoms with E-state index >= 15 is 0 Å². The highest BCUT2D eigenvalue weighted by atomic mass is 28.4. The SMILES string of the molecule is C=C(C)[Si](CCc1ccccc1)(OCC)OCC. The van der Waals surface area contributed by atoms with E-state index in [-0.39, 0.29) is 0 Å². The monoisotopic (exact) mass is 264 g/mol. The molecule has 0 amide bonds. The second kappa shape index (κ2) is 7.51. The largest absolute Gasteiger partial charge is 0.391 e. The molecule has 18 heavy (non-hydrogen) atoms. The highest BCUT2D eigenvalue weighted by Crippen LogP contribution is 2.24. The van der Waals surface area contributed by atoms with Crippen molar-refractivity contribution >= 4 is 8.56 Å². The minimum atomic E-state index is -2.25. The van der Waals surface area contributed by atoms with E-state index in [1.807, 2.05) is 26.8 Å². The van der Waals surface area contributed by atoms with Crippen molar-refractivity contribution in [3.8, 4) is 0 Å². The first kappa shape index (κ1) is 15.2. The molecule has 0 aliphatic heterocycles. The average molecular weight is 264 g/mol. The quantitative estimate of drug-likeness (QED) is 0.664. The molecule has 1 aromatic rings. The van der Waals surface area contributed by atoms with Crippen molar-refractivity contribution in [2.45, 2.75) is 33.2 Å². The predicted octanol–water partition coefficient (Wildman–Crippen LogP) is 3.86. The van der Waals surface area contributed by atoms with Gasteiger partial charge in [-0.2, -0.15) is 0 Å². The maximum Gasteiger partial charge on any atom is 0.367 e. The van der Waals surface area contributed by atoms with Crippen molar-refractivity contribution in [3.63, 3.8) is 0 Å². The van der Waals surface area contributed by atoms with Gasteiger partial charge in [-0.15, -0.1) is 0 Å². The maximum atomic E-state index is 5.97. The summed E-state index contributed by atoms with van der Waals surface area (Å²) in [5.41, 5.74) is 1.33. The van der Waals surface area contributed by atoms with Crippen LogP contribution in [0.3, 0.4) is 0 Å². The molecule has 0 unspecified atom stereocenters. The number of hydrogen-bond acceptors (Lipinski definition) is 2. The summed E-state index contributed by atoms with van der Waals surface area (Å²) < 4.78 is 11.9. The van der Waals surface area contributed by atoms with Gasteiger partial charge in [0.15, 0.2) is 0 Å². The zero-order valence-corrected chi connectivity index (χ0v) is 12.7. The van der Waals surface area contributed by atoms with Gasteiger partial charge in [-0.1, -0.05) is 36.9 Å². The molecule has 0 fully saturated rings. The van der Waals surface area contributed by atoms with E-state index in [2.05, 4.69) is 30.8 Å². The normalized spacial score (nSPS) is 11.5. The first-order valence-corrected chi connectivity index (χ1v) is 8.64. The lowest BCUT2D eigenvalue weighted by Gasteiger charge is -2.30. The third kappa shape index (κ3) is 4.09. The maximum absolute atomic E-state index is 5.97. The molecule has 1 rings (SSSR count). The van der Waals surface area contributed by atoms with Crippen LogP contribution in [-0.4, -0.2) is 21.8 Å². The zero-order chi connectivity index (χ0) is 13.4. The molecule has 1 aromatic carbocycles.